The third-order valence-electron chi connectivity index (χ3n) is 12.8. The van der Waals surface area contributed by atoms with Gasteiger partial charge in [0.05, 0.1) is 22.8 Å². The van der Waals surface area contributed by atoms with Crippen LogP contribution in [0.25, 0.3) is 0 Å². The average Bonchev–Trinajstić information content (AvgIpc) is 3.20. The molecule has 0 aliphatic rings. The Kier molecular flexibility index (Phi) is 21.7. The summed E-state index contributed by atoms with van der Waals surface area (Å²) >= 11 is 0. The van der Waals surface area contributed by atoms with E-state index >= 15 is 0 Å². The van der Waals surface area contributed by atoms with Crippen LogP contribution in [0.2, 0.25) is 0 Å². The Morgan fingerprint density at radius 1 is 0.127 bits per heavy atom. The maximum Gasteiger partial charge on any atom is 0.125 e. The predicted octanol–water partition coefficient (Wildman–Crippen LogP) is 13.0. The molecule has 9 nitrogen and oxygen atoms in total. The summed E-state index contributed by atoms with van der Waals surface area (Å²) in [6.07, 6.45) is 0. The molecule has 6 heterocycles. The Labute approximate surface area is 383 Å². The number of nitrogens with zero attached hydrogens (tertiary/aromatic N) is 9. The van der Waals surface area contributed by atoms with Gasteiger partial charge in [-0.15, -0.1) is 0 Å². The van der Waals surface area contributed by atoms with Gasteiger partial charge in [-0.3, -0.25) is 24.9 Å². The molecule has 0 aliphatic heterocycles. The van der Waals surface area contributed by atoms with Crippen molar-refractivity contribution < 1.29 is 0 Å². The first-order chi connectivity index (χ1) is 28.9. The second-order valence-corrected chi connectivity index (χ2v) is 17.2. The first-order valence-electron chi connectivity index (χ1n) is 22.0. The van der Waals surface area contributed by atoms with E-state index < -0.39 is 0 Å². The molecule has 342 valence electrons. The van der Waals surface area contributed by atoms with Gasteiger partial charge in [-0.05, 0) is 248 Å². The van der Waals surface area contributed by atoms with E-state index in [2.05, 4.69) is 149 Å². The average molecular weight is 856 g/mol. The van der Waals surface area contributed by atoms with Crippen LogP contribution in [0.1, 0.15) is 153 Å². The zero-order chi connectivity index (χ0) is 49.0. The minimum Gasteiger partial charge on any atom is -0.258 e. The first kappa shape index (κ1) is 55.7. The van der Waals surface area contributed by atoms with Gasteiger partial charge in [-0.2, -0.15) is 0 Å². The second kappa shape index (κ2) is 24.5. The van der Waals surface area contributed by atoms with Crippen molar-refractivity contribution >= 4 is 0 Å². The van der Waals surface area contributed by atoms with Crippen LogP contribution < -0.4 is 0 Å². The first-order valence-corrected chi connectivity index (χ1v) is 22.0. The highest BCUT2D eigenvalue weighted by atomic mass is 14.9. The Morgan fingerprint density at radius 2 is 0.254 bits per heavy atom. The van der Waals surface area contributed by atoms with Gasteiger partial charge in [0.25, 0.3) is 0 Å². The minimum atomic E-state index is 0.862. The Bertz CT molecular complexity index is 2150. The summed E-state index contributed by atoms with van der Waals surface area (Å²) in [4.78, 5) is 38.8. The van der Waals surface area contributed by atoms with Crippen molar-refractivity contribution in [1.82, 2.24) is 44.9 Å². The van der Waals surface area contributed by atoms with Gasteiger partial charge in [-0.25, -0.2) is 19.9 Å². The third kappa shape index (κ3) is 16.1. The van der Waals surface area contributed by atoms with E-state index in [4.69, 9.17) is 0 Å². The number of aromatic nitrogens is 9. The number of aryl methyl sites for hydroxylation is 16. The van der Waals surface area contributed by atoms with Gasteiger partial charge in [0.15, 0.2) is 0 Å². The van der Waals surface area contributed by atoms with E-state index in [1.807, 2.05) is 83.1 Å². The maximum absolute atomic E-state index is 4.43. The second-order valence-electron chi connectivity index (χ2n) is 17.2. The summed E-state index contributed by atoms with van der Waals surface area (Å²) in [5, 5.41) is 0. The van der Waals surface area contributed by atoms with E-state index in [0.29, 0.717) is 0 Å². The van der Waals surface area contributed by atoms with E-state index in [1.54, 1.807) is 0 Å². The van der Waals surface area contributed by atoms with Crippen molar-refractivity contribution in [2.24, 2.45) is 0 Å². The van der Waals surface area contributed by atoms with Crippen molar-refractivity contribution in [2.75, 3.05) is 0 Å². The highest BCUT2D eigenvalue weighted by molar-refractivity contribution is 5.38. The fourth-order valence-corrected chi connectivity index (χ4v) is 6.44. The lowest BCUT2D eigenvalue weighted by molar-refractivity contribution is 0.948. The van der Waals surface area contributed by atoms with E-state index in [9.17, 15) is 0 Å². The van der Waals surface area contributed by atoms with Crippen LogP contribution in [0.15, 0.2) is 0 Å². The zero-order valence-corrected chi connectivity index (χ0v) is 44.5. The van der Waals surface area contributed by atoms with Crippen LogP contribution in [-0.4, -0.2) is 44.9 Å². The number of hydrogen-bond acceptors (Lipinski definition) is 9. The highest BCUT2D eigenvalue weighted by Crippen LogP contribution is 2.19. The summed E-state index contributed by atoms with van der Waals surface area (Å²) in [5.41, 5.74) is 29.9. The molecule has 0 bridgehead atoms. The van der Waals surface area contributed by atoms with E-state index in [1.165, 1.54) is 61.2 Å². The van der Waals surface area contributed by atoms with Crippen LogP contribution in [0.5, 0.6) is 0 Å². The number of pyridine rings is 3. The molecule has 6 rings (SSSR count). The molecule has 63 heavy (non-hydrogen) atoms. The molecular formula is C54H81N9. The normalized spacial score (nSPS) is 10.1. The van der Waals surface area contributed by atoms with Crippen molar-refractivity contribution in [3.05, 3.63) is 153 Å². The van der Waals surface area contributed by atoms with Crippen LogP contribution in [0.3, 0.4) is 0 Å². The van der Waals surface area contributed by atoms with Gasteiger partial charge in [0, 0.05) is 56.9 Å². The number of hydrogen-bond donors (Lipinski definition) is 0. The monoisotopic (exact) mass is 856 g/mol. The number of rotatable bonds is 0. The van der Waals surface area contributed by atoms with Crippen LogP contribution in [0, 0.1) is 187 Å². The van der Waals surface area contributed by atoms with Crippen LogP contribution >= 0.6 is 0 Å². The molecule has 0 fully saturated rings. The molecule has 0 radical (unpaired) electrons. The van der Waals surface area contributed by atoms with Gasteiger partial charge in [0.1, 0.15) is 11.6 Å². The molecule has 0 saturated carbocycles. The molecule has 9 heteroatoms. The largest absolute Gasteiger partial charge is 0.258 e. The molecule has 0 spiro atoms. The van der Waals surface area contributed by atoms with Crippen LogP contribution in [0.4, 0.5) is 0 Å². The molecule has 0 aromatic carbocycles. The Balaban J connectivity index is 0.000000378. The lowest BCUT2D eigenvalue weighted by atomic mass is 10.0. The summed E-state index contributed by atoms with van der Waals surface area (Å²) in [6.45, 7) is 55.5. The highest BCUT2D eigenvalue weighted by Gasteiger charge is 2.07. The molecule has 0 amide bonds. The standard InChI is InChI=1S/3C10H15N.3C8H12N2/c3*1-6-7(2)9(4)11-10(5)8(6)3;1-5-6(2)10-8(4)7(3)9-5;2*1-5-6(2)9-8(4)10-7(5)3/h3*1-5H3;3*1-4H3. The summed E-state index contributed by atoms with van der Waals surface area (Å²) in [6, 6.07) is 0. The molecule has 6 aromatic rings. The quantitative estimate of drug-likeness (QED) is 0.147. The van der Waals surface area contributed by atoms with Gasteiger partial charge in [-0.1, -0.05) is 0 Å². The van der Waals surface area contributed by atoms with Crippen molar-refractivity contribution in [2.45, 2.75) is 187 Å². The van der Waals surface area contributed by atoms with Crippen molar-refractivity contribution in [3.8, 4) is 0 Å². The topological polar surface area (TPSA) is 116 Å². The fraction of sp³-hybridized carbons (Fsp3) is 0.500. The molecule has 0 saturated heterocycles. The van der Waals surface area contributed by atoms with Gasteiger partial charge >= 0.3 is 0 Å². The van der Waals surface area contributed by atoms with Crippen molar-refractivity contribution in [3.63, 3.8) is 0 Å². The lowest BCUT2D eigenvalue weighted by Gasteiger charge is -2.09. The van der Waals surface area contributed by atoms with Gasteiger partial charge in [0.2, 0.25) is 0 Å². The summed E-state index contributed by atoms with van der Waals surface area (Å²) in [5.74, 6) is 1.72. The van der Waals surface area contributed by atoms with E-state index in [-0.39, 0.29) is 0 Å². The molecule has 0 N–H and O–H groups in total. The smallest absolute Gasteiger partial charge is 0.125 e. The van der Waals surface area contributed by atoms with Crippen molar-refractivity contribution in [1.29, 1.82) is 0 Å². The Hall–Kier alpha value is -5.31. The molecule has 0 aliphatic carbocycles. The lowest BCUT2D eigenvalue weighted by Crippen LogP contribution is -1.98. The SMILES string of the molecule is Cc1nc(C)c(C)c(C)c1C.Cc1nc(C)c(C)c(C)c1C.Cc1nc(C)c(C)c(C)c1C.Cc1nc(C)c(C)c(C)n1.Cc1nc(C)c(C)c(C)n1.Cc1nc(C)c(C)nc1C. The zero-order valence-electron chi connectivity index (χ0n) is 44.5. The molecular weight excluding hydrogens is 775 g/mol. The molecule has 0 atom stereocenters. The summed E-state index contributed by atoms with van der Waals surface area (Å²) in [7, 11) is 0. The van der Waals surface area contributed by atoms with Crippen LogP contribution in [-0.2, 0) is 0 Å². The maximum atomic E-state index is 4.43. The fourth-order valence-electron chi connectivity index (χ4n) is 6.44. The minimum absolute atomic E-state index is 0.862. The third-order valence-corrected chi connectivity index (χ3v) is 12.8. The summed E-state index contributed by atoms with van der Waals surface area (Å²) < 4.78 is 0. The van der Waals surface area contributed by atoms with Gasteiger partial charge < -0.3 is 0 Å². The Morgan fingerprint density at radius 3 is 0.413 bits per heavy atom. The van der Waals surface area contributed by atoms with E-state index in [0.717, 1.165) is 91.4 Å². The predicted molar refractivity (Wildman–Crippen MR) is 267 cm³/mol. The molecule has 0 unspecified atom stereocenters. The molecule has 6 aromatic heterocycles.